The normalized spacial score (nSPS) is 15.7. The van der Waals surface area contributed by atoms with Crippen LogP contribution in [0.1, 0.15) is 23.2 Å². The van der Waals surface area contributed by atoms with E-state index in [2.05, 4.69) is 10.6 Å². The molecule has 1 aliphatic rings. The lowest BCUT2D eigenvalue weighted by atomic mass is 9.96. The zero-order valence-corrected chi connectivity index (χ0v) is 17.9. The molecule has 0 aliphatic carbocycles. The number of carbonyl (C=O) groups excluding carboxylic acids is 2. The first kappa shape index (κ1) is 23.5. The second-order valence-corrected chi connectivity index (χ2v) is 7.07. The van der Waals surface area contributed by atoms with Crippen molar-refractivity contribution in [2.75, 3.05) is 38.6 Å². The fourth-order valence-corrected chi connectivity index (χ4v) is 3.49. The van der Waals surface area contributed by atoms with E-state index >= 15 is 0 Å². The fourth-order valence-electron chi connectivity index (χ4n) is 3.49. The molecule has 1 aliphatic heterocycles. The van der Waals surface area contributed by atoms with Crippen LogP contribution in [-0.4, -0.2) is 50.0 Å². The third kappa shape index (κ3) is 5.87. The molecule has 1 atom stereocenters. The van der Waals surface area contributed by atoms with Gasteiger partial charge in [-0.05, 0) is 49.2 Å². The van der Waals surface area contributed by atoms with Crippen LogP contribution in [-0.2, 0) is 4.79 Å². The van der Waals surface area contributed by atoms with Crippen LogP contribution >= 0.6 is 12.4 Å². The van der Waals surface area contributed by atoms with Crippen LogP contribution in [0.15, 0.2) is 48.5 Å². The molecule has 0 bridgehead atoms. The number of methoxy groups -OCH3 is 1. The molecule has 4 N–H and O–H groups in total. The van der Waals surface area contributed by atoms with Gasteiger partial charge in [0.15, 0.2) is 0 Å². The van der Waals surface area contributed by atoms with Crippen molar-refractivity contribution in [1.82, 2.24) is 10.2 Å². The van der Waals surface area contributed by atoms with E-state index in [-0.39, 0.29) is 30.1 Å². The molecule has 2 aromatic carbocycles. The van der Waals surface area contributed by atoms with Crippen LogP contribution < -0.4 is 21.1 Å². The van der Waals surface area contributed by atoms with Gasteiger partial charge in [0, 0.05) is 31.9 Å². The van der Waals surface area contributed by atoms with E-state index in [1.165, 1.54) is 0 Å². The molecule has 1 heterocycles. The van der Waals surface area contributed by atoms with Crippen LogP contribution in [0.25, 0.3) is 0 Å². The molecule has 1 saturated heterocycles. The minimum Gasteiger partial charge on any atom is -0.497 e. The second kappa shape index (κ2) is 11.4. The maximum Gasteiger partial charge on any atom is 0.255 e. The first-order chi connectivity index (χ1) is 14.1. The number of hydrogen-bond acceptors (Lipinski definition) is 5. The van der Waals surface area contributed by atoms with E-state index in [0.29, 0.717) is 31.7 Å². The van der Waals surface area contributed by atoms with Gasteiger partial charge < -0.3 is 26.0 Å². The number of nitrogens with two attached hydrogens (primary N) is 1. The van der Waals surface area contributed by atoms with Crippen LogP contribution in [0.5, 0.6) is 5.75 Å². The Hall–Kier alpha value is -2.77. The molecule has 162 valence electrons. The fraction of sp³-hybridized carbons (Fsp3) is 0.364. The summed E-state index contributed by atoms with van der Waals surface area (Å²) in [6.07, 6.45) is 1.59. The van der Waals surface area contributed by atoms with Crippen molar-refractivity contribution in [3.05, 3.63) is 54.1 Å². The number of anilines is 2. The Bertz CT molecular complexity index is 845. The molecule has 0 aromatic heterocycles. The number of rotatable bonds is 7. The van der Waals surface area contributed by atoms with E-state index in [9.17, 15) is 9.59 Å². The lowest BCUT2D eigenvalue weighted by Crippen LogP contribution is -2.46. The summed E-state index contributed by atoms with van der Waals surface area (Å²) in [5.41, 5.74) is 7.65. The van der Waals surface area contributed by atoms with Crippen molar-refractivity contribution in [1.29, 1.82) is 0 Å². The summed E-state index contributed by atoms with van der Waals surface area (Å²) in [7, 11) is 1.62. The summed E-state index contributed by atoms with van der Waals surface area (Å²) in [5, 5.41) is 6.14. The molecule has 0 spiro atoms. The van der Waals surface area contributed by atoms with Gasteiger partial charge in [-0.25, -0.2) is 0 Å². The Kier molecular flexibility index (Phi) is 8.95. The smallest absolute Gasteiger partial charge is 0.255 e. The molecule has 1 unspecified atom stereocenters. The molecule has 2 aromatic rings. The quantitative estimate of drug-likeness (QED) is 0.625. The first-order valence-electron chi connectivity index (χ1n) is 9.89. The molecular weight excluding hydrogens is 404 g/mol. The van der Waals surface area contributed by atoms with Crippen molar-refractivity contribution in [3.63, 3.8) is 0 Å². The van der Waals surface area contributed by atoms with E-state index in [1.807, 2.05) is 48.5 Å². The molecule has 1 fully saturated rings. The Morgan fingerprint density at radius 2 is 1.90 bits per heavy atom. The number of piperidine rings is 1. The number of ether oxygens (including phenoxy) is 1. The average Bonchev–Trinajstić information content (AvgIpc) is 2.78. The maximum atomic E-state index is 13.2. The summed E-state index contributed by atoms with van der Waals surface area (Å²) >= 11 is 0. The largest absolute Gasteiger partial charge is 0.497 e. The summed E-state index contributed by atoms with van der Waals surface area (Å²) in [6, 6.07) is 15.0. The van der Waals surface area contributed by atoms with Crippen molar-refractivity contribution in [3.8, 4) is 5.75 Å². The van der Waals surface area contributed by atoms with Crippen LogP contribution in [0.4, 0.5) is 11.4 Å². The highest BCUT2D eigenvalue weighted by Gasteiger charge is 2.29. The van der Waals surface area contributed by atoms with Crippen molar-refractivity contribution >= 4 is 35.6 Å². The molecule has 0 saturated carbocycles. The summed E-state index contributed by atoms with van der Waals surface area (Å²) in [5.74, 6) is 0.476. The SMILES string of the molecule is COc1ccc(Nc2ccccc2C(=O)N2CCCC(C(=O)NCCN)C2)cc1.Cl. The van der Waals surface area contributed by atoms with Gasteiger partial charge in [0.05, 0.1) is 24.3 Å². The van der Waals surface area contributed by atoms with Gasteiger partial charge >= 0.3 is 0 Å². The highest BCUT2D eigenvalue weighted by atomic mass is 35.5. The number of benzene rings is 2. The van der Waals surface area contributed by atoms with E-state index < -0.39 is 0 Å². The van der Waals surface area contributed by atoms with Crippen molar-refractivity contribution < 1.29 is 14.3 Å². The van der Waals surface area contributed by atoms with Crippen LogP contribution in [0.3, 0.4) is 0 Å². The molecule has 7 nitrogen and oxygen atoms in total. The van der Waals surface area contributed by atoms with Gasteiger partial charge in [-0.1, -0.05) is 12.1 Å². The van der Waals surface area contributed by atoms with E-state index in [1.54, 1.807) is 12.0 Å². The van der Waals surface area contributed by atoms with E-state index in [4.69, 9.17) is 10.5 Å². The number of para-hydroxylation sites is 1. The number of amides is 2. The number of nitrogens with zero attached hydrogens (tertiary/aromatic N) is 1. The average molecular weight is 433 g/mol. The maximum absolute atomic E-state index is 13.2. The third-order valence-electron chi connectivity index (χ3n) is 5.05. The number of nitrogens with one attached hydrogen (secondary N) is 2. The zero-order chi connectivity index (χ0) is 20.6. The second-order valence-electron chi connectivity index (χ2n) is 7.07. The standard InChI is InChI=1S/C22H28N4O3.ClH/c1-29-18-10-8-17(9-11-18)25-20-7-3-2-6-19(20)22(28)26-14-4-5-16(15-26)21(27)24-13-12-23;/h2-3,6-11,16,25H,4-5,12-15,23H2,1H3,(H,24,27);1H. The van der Waals surface area contributed by atoms with Crippen molar-refractivity contribution in [2.24, 2.45) is 11.7 Å². The lowest BCUT2D eigenvalue weighted by Gasteiger charge is -2.32. The summed E-state index contributed by atoms with van der Waals surface area (Å²) in [4.78, 5) is 27.3. The molecule has 30 heavy (non-hydrogen) atoms. The summed E-state index contributed by atoms with van der Waals surface area (Å²) < 4.78 is 5.19. The minimum atomic E-state index is -0.194. The van der Waals surface area contributed by atoms with Gasteiger partial charge in [-0.3, -0.25) is 9.59 Å². The van der Waals surface area contributed by atoms with Crippen molar-refractivity contribution in [2.45, 2.75) is 12.8 Å². The highest BCUT2D eigenvalue weighted by molar-refractivity contribution is 6.00. The van der Waals surface area contributed by atoms with Gasteiger partial charge in [0.2, 0.25) is 5.91 Å². The molecule has 0 radical (unpaired) electrons. The minimum absolute atomic E-state index is 0. The van der Waals surface area contributed by atoms with Gasteiger partial charge in [-0.15, -0.1) is 12.4 Å². The molecule has 2 amide bonds. The molecule has 8 heteroatoms. The number of likely N-dealkylation sites (tertiary alicyclic amines) is 1. The Balaban J connectivity index is 0.00000320. The van der Waals surface area contributed by atoms with Crippen LogP contribution in [0.2, 0.25) is 0 Å². The van der Waals surface area contributed by atoms with E-state index in [0.717, 1.165) is 30.0 Å². The Morgan fingerprint density at radius 3 is 2.60 bits per heavy atom. The third-order valence-corrected chi connectivity index (χ3v) is 5.05. The highest BCUT2D eigenvalue weighted by Crippen LogP contribution is 2.26. The van der Waals surface area contributed by atoms with Gasteiger partial charge in [0.25, 0.3) is 5.91 Å². The Morgan fingerprint density at radius 1 is 1.17 bits per heavy atom. The van der Waals surface area contributed by atoms with Gasteiger partial charge in [0.1, 0.15) is 5.75 Å². The number of carbonyl (C=O) groups is 2. The first-order valence-corrected chi connectivity index (χ1v) is 9.89. The number of halogens is 1. The monoisotopic (exact) mass is 432 g/mol. The summed E-state index contributed by atoms with van der Waals surface area (Å²) in [6.45, 7) is 1.94. The van der Waals surface area contributed by atoms with Crippen LogP contribution in [0, 0.1) is 5.92 Å². The molecule has 3 rings (SSSR count). The predicted octanol–water partition coefficient (Wildman–Crippen LogP) is 2.79. The number of hydrogen-bond donors (Lipinski definition) is 3. The molecular formula is C22H29ClN4O3. The lowest BCUT2D eigenvalue weighted by molar-refractivity contribution is -0.126. The van der Waals surface area contributed by atoms with Gasteiger partial charge in [-0.2, -0.15) is 0 Å². The predicted molar refractivity (Wildman–Crippen MR) is 121 cm³/mol. The topological polar surface area (TPSA) is 96.7 Å². The zero-order valence-electron chi connectivity index (χ0n) is 17.1. The Labute approximate surface area is 183 Å².